The number of nitrogens with zero attached hydrogens (tertiary/aromatic N) is 1. The van der Waals surface area contributed by atoms with Gasteiger partial charge in [0.15, 0.2) is 16.6 Å². The molecule has 0 spiro atoms. The van der Waals surface area contributed by atoms with Gasteiger partial charge in [0.25, 0.3) is 5.91 Å². The fraction of sp³-hybridized carbons (Fsp3) is 0.150. The van der Waals surface area contributed by atoms with E-state index in [0.717, 1.165) is 11.3 Å². The van der Waals surface area contributed by atoms with Crippen LogP contribution in [-0.4, -0.2) is 23.6 Å². The van der Waals surface area contributed by atoms with Gasteiger partial charge in [-0.3, -0.25) is 14.9 Å². The van der Waals surface area contributed by atoms with Crippen LogP contribution in [0.15, 0.2) is 47.8 Å². The molecule has 0 bridgehead atoms. The van der Waals surface area contributed by atoms with E-state index in [1.807, 2.05) is 31.2 Å². The standard InChI is InChI=1S/C20H17N3O4S/c1-12-2-5-14(6-3-12)21-18(24)9-15-10-28-20(22-15)23-19(25)13-4-7-16-17(8-13)27-11-26-16/h2-8,10H,9,11H2,1H3,(H,21,24)(H,22,23,25). The number of rotatable bonds is 5. The van der Waals surface area contributed by atoms with Crippen molar-refractivity contribution in [2.75, 3.05) is 17.4 Å². The van der Waals surface area contributed by atoms with Crippen molar-refractivity contribution in [3.63, 3.8) is 0 Å². The summed E-state index contributed by atoms with van der Waals surface area (Å²) < 4.78 is 10.5. The molecule has 0 saturated carbocycles. The molecule has 0 unspecified atom stereocenters. The van der Waals surface area contributed by atoms with Gasteiger partial charge in [-0.25, -0.2) is 4.98 Å². The van der Waals surface area contributed by atoms with Crippen molar-refractivity contribution in [3.05, 3.63) is 64.7 Å². The highest BCUT2D eigenvalue weighted by Crippen LogP contribution is 2.32. The minimum Gasteiger partial charge on any atom is -0.454 e. The van der Waals surface area contributed by atoms with E-state index in [4.69, 9.17) is 9.47 Å². The first kappa shape index (κ1) is 18.0. The first-order chi connectivity index (χ1) is 13.6. The van der Waals surface area contributed by atoms with Crippen LogP contribution >= 0.6 is 11.3 Å². The number of fused-ring (bicyclic) bond motifs is 1. The number of nitrogens with one attached hydrogen (secondary N) is 2. The Balaban J connectivity index is 1.35. The monoisotopic (exact) mass is 395 g/mol. The molecule has 2 N–H and O–H groups in total. The van der Waals surface area contributed by atoms with E-state index < -0.39 is 0 Å². The summed E-state index contributed by atoms with van der Waals surface area (Å²) in [6.07, 6.45) is 0.129. The normalized spacial score (nSPS) is 11.9. The van der Waals surface area contributed by atoms with Crippen LogP contribution in [0.1, 0.15) is 21.6 Å². The lowest BCUT2D eigenvalue weighted by Crippen LogP contribution is -2.15. The molecule has 4 rings (SSSR count). The molecule has 8 heteroatoms. The molecular formula is C20H17N3O4S. The Morgan fingerprint density at radius 1 is 1.07 bits per heavy atom. The van der Waals surface area contributed by atoms with Crippen molar-refractivity contribution >= 4 is 34.0 Å². The summed E-state index contributed by atoms with van der Waals surface area (Å²) in [5.74, 6) is 0.694. The van der Waals surface area contributed by atoms with Crippen LogP contribution in [-0.2, 0) is 11.2 Å². The first-order valence-corrected chi connectivity index (χ1v) is 9.47. The number of hydrogen-bond donors (Lipinski definition) is 2. The molecule has 1 aliphatic rings. The van der Waals surface area contributed by atoms with E-state index in [9.17, 15) is 9.59 Å². The number of anilines is 2. The average molecular weight is 395 g/mol. The van der Waals surface area contributed by atoms with Crippen molar-refractivity contribution in [2.24, 2.45) is 0 Å². The number of aromatic nitrogens is 1. The van der Waals surface area contributed by atoms with Gasteiger partial charge in [-0.1, -0.05) is 17.7 Å². The van der Waals surface area contributed by atoms with Gasteiger partial charge in [0, 0.05) is 16.6 Å². The van der Waals surface area contributed by atoms with Gasteiger partial charge in [0.2, 0.25) is 12.7 Å². The molecule has 0 aliphatic carbocycles. The second kappa shape index (κ2) is 7.69. The third-order valence-corrected chi connectivity index (χ3v) is 4.89. The van der Waals surface area contributed by atoms with E-state index in [1.165, 1.54) is 11.3 Å². The van der Waals surface area contributed by atoms with E-state index in [1.54, 1.807) is 23.6 Å². The molecule has 2 amide bonds. The zero-order valence-electron chi connectivity index (χ0n) is 15.0. The first-order valence-electron chi connectivity index (χ1n) is 8.59. The zero-order chi connectivity index (χ0) is 19.5. The Hall–Kier alpha value is -3.39. The number of hydrogen-bond acceptors (Lipinski definition) is 6. The van der Waals surface area contributed by atoms with Crippen LogP contribution in [0.3, 0.4) is 0 Å². The number of carbonyl (C=O) groups excluding carboxylic acids is 2. The molecule has 1 aromatic heterocycles. The van der Waals surface area contributed by atoms with Gasteiger partial charge in [-0.2, -0.15) is 0 Å². The lowest BCUT2D eigenvalue weighted by atomic mass is 10.2. The summed E-state index contributed by atoms with van der Waals surface area (Å²) in [5, 5.41) is 7.75. The van der Waals surface area contributed by atoms with Crippen LogP contribution in [0.2, 0.25) is 0 Å². The number of ether oxygens (including phenoxy) is 2. The minimum absolute atomic E-state index is 0.129. The van der Waals surface area contributed by atoms with Crippen LogP contribution in [0.5, 0.6) is 11.5 Å². The van der Waals surface area contributed by atoms with Gasteiger partial charge in [0.1, 0.15) is 0 Å². The number of thiazole rings is 1. The number of carbonyl (C=O) groups is 2. The Kier molecular flexibility index (Phi) is 4.94. The maximum Gasteiger partial charge on any atom is 0.257 e. The number of benzene rings is 2. The third-order valence-electron chi connectivity index (χ3n) is 4.08. The van der Waals surface area contributed by atoms with E-state index >= 15 is 0 Å². The number of aryl methyl sites for hydroxylation is 1. The highest BCUT2D eigenvalue weighted by atomic mass is 32.1. The third kappa shape index (κ3) is 4.12. The molecule has 1 aliphatic heterocycles. The topological polar surface area (TPSA) is 89.6 Å². The molecule has 0 radical (unpaired) electrons. The summed E-state index contributed by atoms with van der Waals surface area (Å²) >= 11 is 1.27. The Bertz CT molecular complexity index is 1030. The van der Waals surface area contributed by atoms with Crippen LogP contribution in [0.4, 0.5) is 10.8 Å². The quantitative estimate of drug-likeness (QED) is 0.689. The van der Waals surface area contributed by atoms with E-state index in [0.29, 0.717) is 27.9 Å². The van der Waals surface area contributed by atoms with Crippen molar-refractivity contribution in [3.8, 4) is 11.5 Å². The number of amides is 2. The summed E-state index contributed by atoms with van der Waals surface area (Å²) in [5.41, 5.74) is 2.90. The molecule has 28 heavy (non-hydrogen) atoms. The van der Waals surface area contributed by atoms with Crippen molar-refractivity contribution < 1.29 is 19.1 Å². The highest BCUT2D eigenvalue weighted by molar-refractivity contribution is 7.14. The second-order valence-electron chi connectivity index (χ2n) is 6.26. The highest BCUT2D eigenvalue weighted by Gasteiger charge is 2.17. The van der Waals surface area contributed by atoms with Crippen LogP contribution in [0.25, 0.3) is 0 Å². The molecular weight excluding hydrogens is 378 g/mol. The lowest BCUT2D eigenvalue weighted by molar-refractivity contribution is -0.115. The zero-order valence-corrected chi connectivity index (χ0v) is 15.8. The molecule has 0 atom stereocenters. The lowest BCUT2D eigenvalue weighted by Gasteiger charge is -2.04. The summed E-state index contributed by atoms with van der Waals surface area (Å²) in [6.45, 7) is 2.14. The fourth-order valence-corrected chi connectivity index (χ4v) is 3.36. The molecule has 2 aromatic carbocycles. The van der Waals surface area contributed by atoms with Crippen LogP contribution in [0, 0.1) is 6.92 Å². The van der Waals surface area contributed by atoms with Crippen molar-refractivity contribution in [1.29, 1.82) is 0 Å². The summed E-state index contributed by atoms with van der Waals surface area (Å²) in [7, 11) is 0. The van der Waals surface area contributed by atoms with E-state index in [-0.39, 0.29) is 25.0 Å². The minimum atomic E-state index is -0.302. The maximum atomic E-state index is 12.4. The molecule has 0 saturated heterocycles. The Morgan fingerprint density at radius 2 is 1.86 bits per heavy atom. The van der Waals surface area contributed by atoms with Crippen molar-refractivity contribution in [2.45, 2.75) is 13.3 Å². The molecule has 0 fully saturated rings. The fourth-order valence-electron chi connectivity index (χ4n) is 2.66. The predicted molar refractivity (Wildman–Crippen MR) is 106 cm³/mol. The van der Waals surface area contributed by atoms with Gasteiger partial charge in [0.05, 0.1) is 12.1 Å². The van der Waals surface area contributed by atoms with E-state index in [2.05, 4.69) is 15.6 Å². The van der Waals surface area contributed by atoms with Crippen LogP contribution < -0.4 is 20.1 Å². The largest absolute Gasteiger partial charge is 0.454 e. The van der Waals surface area contributed by atoms with Gasteiger partial charge in [-0.15, -0.1) is 11.3 Å². The molecule has 7 nitrogen and oxygen atoms in total. The van der Waals surface area contributed by atoms with Crippen molar-refractivity contribution in [1.82, 2.24) is 4.98 Å². The van der Waals surface area contributed by atoms with Gasteiger partial charge < -0.3 is 14.8 Å². The second-order valence-corrected chi connectivity index (χ2v) is 7.12. The SMILES string of the molecule is Cc1ccc(NC(=O)Cc2csc(NC(=O)c3ccc4c(c3)OCO4)n2)cc1. The van der Waals surface area contributed by atoms with Gasteiger partial charge in [-0.05, 0) is 37.3 Å². The molecule has 3 aromatic rings. The van der Waals surface area contributed by atoms with Gasteiger partial charge >= 0.3 is 0 Å². The molecule has 142 valence electrons. The smallest absolute Gasteiger partial charge is 0.257 e. The summed E-state index contributed by atoms with van der Waals surface area (Å²) in [6, 6.07) is 12.6. The Labute approximate surface area is 165 Å². The predicted octanol–water partition coefficient (Wildman–Crippen LogP) is 3.61. The Morgan fingerprint density at radius 3 is 2.68 bits per heavy atom. The molecule has 2 heterocycles. The summed E-state index contributed by atoms with van der Waals surface area (Å²) in [4.78, 5) is 28.9. The average Bonchev–Trinajstić information content (AvgIpc) is 3.32. The maximum absolute atomic E-state index is 12.4.